The van der Waals surface area contributed by atoms with Gasteiger partial charge in [-0.3, -0.25) is 5.84 Å². The average molecular weight is 154 g/mol. The molecule has 2 rings (SSSR count). The van der Waals surface area contributed by atoms with E-state index in [0.717, 1.165) is 18.5 Å². The van der Waals surface area contributed by atoms with Crippen LogP contribution in [-0.4, -0.2) is 17.6 Å². The van der Waals surface area contributed by atoms with Crippen molar-refractivity contribution in [3.05, 3.63) is 0 Å². The Kier molecular flexibility index (Phi) is 2.14. The first-order valence-corrected chi connectivity index (χ1v) is 4.89. The van der Waals surface area contributed by atoms with Gasteiger partial charge in [-0.25, -0.2) is 5.01 Å². The summed E-state index contributed by atoms with van der Waals surface area (Å²) in [4.78, 5) is 0. The van der Waals surface area contributed by atoms with Gasteiger partial charge in [-0.15, -0.1) is 0 Å². The van der Waals surface area contributed by atoms with Gasteiger partial charge in [0, 0.05) is 12.6 Å². The molecule has 0 aromatic heterocycles. The third-order valence-electron chi connectivity index (χ3n) is 3.29. The van der Waals surface area contributed by atoms with E-state index in [4.69, 9.17) is 5.84 Å². The number of hydrogen-bond donors (Lipinski definition) is 1. The number of hydrogen-bond acceptors (Lipinski definition) is 2. The number of piperidine rings is 1. The van der Waals surface area contributed by atoms with E-state index >= 15 is 0 Å². The van der Waals surface area contributed by atoms with E-state index < -0.39 is 0 Å². The van der Waals surface area contributed by atoms with Crippen molar-refractivity contribution in [3.63, 3.8) is 0 Å². The first kappa shape index (κ1) is 7.56. The molecular formula is C9H18N2. The molecule has 2 aliphatic rings. The lowest BCUT2D eigenvalue weighted by Gasteiger charge is -2.41. The van der Waals surface area contributed by atoms with Crippen LogP contribution < -0.4 is 5.84 Å². The molecule has 0 bridgehead atoms. The summed E-state index contributed by atoms with van der Waals surface area (Å²) in [5.41, 5.74) is 0. The summed E-state index contributed by atoms with van der Waals surface area (Å²) in [5.74, 6) is 6.86. The van der Waals surface area contributed by atoms with Crippen LogP contribution >= 0.6 is 0 Å². The molecule has 2 heteroatoms. The molecule has 2 nitrogen and oxygen atoms in total. The van der Waals surface area contributed by atoms with E-state index in [9.17, 15) is 0 Å². The van der Waals surface area contributed by atoms with Crippen LogP contribution in [0.1, 0.15) is 38.5 Å². The summed E-state index contributed by atoms with van der Waals surface area (Å²) in [6.45, 7) is 1.13. The second-order valence-electron chi connectivity index (χ2n) is 3.99. The summed E-state index contributed by atoms with van der Waals surface area (Å²) in [7, 11) is 0. The van der Waals surface area contributed by atoms with Crippen molar-refractivity contribution in [2.24, 2.45) is 11.8 Å². The molecule has 2 N–H and O–H groups in total. The second-order valence-corrected chi connectivity index (χ2v) is 3.99. The lowest BCUT2D eigenvalue weighted by molar-refractivity contribution is 0.0612. The van der Waals surface area contributed by atoms with E-state index in [1.54, 1.807) is 0 Å². The number of fused-ring (bicyclic) bond motifs is 1. The molecule has 1 saturated carbocycles. The molecule has 0 aromatic rings. The van der Waals surface area contributed by atoms with E-state index in [-0.39, 0.29) is 0 Å². The molecule has 0 amide bonds. The quantitative estimate of drug-likeness (QED) is 0.536. The highest BCUT2D eigenvalue weighted by molar-refractivity contribution is 4.84. The number of nitrogens with two attached hydrogens (primary N) is 1. The highest BCUT2D eigenvalue weighted by atomic mass is 15.4. The fraction of sp³-hybridized carbons (Fsp3) is 1.00. The molecule has 11 heavy (non-hydrogen) atoms. The highest BCUT2D eigenvalue weighted by Crippen LogP contribution is 2.33. The zero-order valence-corrected chi connectivity index (χ0v) is 7.13. The van der Waals surface area contributed by atoms with Crippen LogP contribution in [0, 0.1) is 5.92 Å². The standard InChI is InChI=1S/C9H18N2/c10-11-7-3-5-8-4-1-2-6-9(8)11/h8-9H,1-7,10H2/t8-,9-/m0/s1. The van der Waals surface area contributed by atoms with Crippen molar-refractivity contribution in [1.29, 1.82) is 0 Å². The first-order chi connectivity index (χ1) is 5.38. The molecule has 1 saturated heterocycles. The van der Waals surface area contributed by atoms with Gasteiger partial charge in [0.15, 0.2) is 0 Å². The zero-order chi connectivity index (χ0) is 7.68. The second kappa shape index (κ2) is 3.11. The molecule has 0 radical (unpaired) electrons. The smallest absolute Gasteiger partial charge is 0.0269 e. The van der Waals surface area contributed by atoms with Gasteiger partial charge in [0.2, 0.25) is 0 Å². The summed E-state index contributed by atoms with van der Waals surface area (Å²) in [6, 6.07) is 0.734. The molecule has 1 heterocycles. The van der Waals surface area contributed by atoms with Gasteiger partial charge < -0.3 is 0 Å². The predicted octanol–water partition coefficient (Wildman–Crippen LogP) is 1.51. The molecule has 0 spiro atoms. The lowest BCUT2D eigenvalue weighted by atomic mass is 9.79. The minimum Gasteiger partial charge on any atom is -0.269 e. The van der Waals surface area contributed by atoms with Gasteiger partial charge in [-0.05, 0) is 31.6 Å². The van der Waals surface area contributed by atoms with Crippen LogP contribution in [0.15, 0.2) is 0 Å². The third kappa shape index (κ3) is 1.42. The monoisotopic (exact) mass is 154 g/mol. The van der Waals surface area contributed by atoms with Gasteiger partial charge in [0.25, 0.3) is 0 Å². The minimum atomic E-state index is 0.734. The fourth-order valence-electron chi connectivity index (χ4n) is 2.66. The van der Waals surface area contributed by atoms with Crippen molar-refractivity contribution in [2.45, 2.75) is 44.6 Å². The molecular weight excluding hydrogens is 136 g/mol. The van der Waals surface area contributed by atoms with Crippen LogP contribution in [0.4, 0.5) is 0 Å². The van der Waals surface area contributed by atoms with Crippen molar-refractivity contribution >= 4 is 0 Å². The maximum atomic E-state index is 5.92. The van der Waals surface area contributed by atoms with Gasteiger partial charge in [0.05, 0.1) is 0 Å². The Hall–Kier alpha value is -0.0800. The van der Waals surface area contributed by atoms with Crippen molar-refractivity contribution < 1.29 is 0 Å². The summed E-state index contributed by atoms with van der Waals surface area (Å²) < 4.78 is 0. The van der Waals surface area contributed by atoms with Gasteiger partial charge in [-0.1, -0.05) is 12.8 Å². The molecule has 1 aliphatic heterocycles. The topological polar surface area (TPSA) is 29.3 Å². The fourth-order valence-corrected chi connectivity index (χ4v) is 2.66. The normalized spacial score (nSPS) is 40.1. The number of hydrazine groups is 1. The Morgan fingerprint density at radius 1 is 1.00 bits per heavy atom. The first-order valence-electron chi connectivity index (χ1n) is 4.89. The molecule has 64 valence electrons. The van der Waals surface area contributed by atoms with Crippen LogP contribution in [0.5, 0.6) is 0 Å². The molecule has 2 atom stereocenters. The Morgan fingerprint density at radius 2 is 1.73 bits per heavy atom. The third-order valence-corrected chi connectivity index (χ3v) is 3.29. The summed E-state index contributed by atoms with van der Waals surface area (Å²) >= 11 is 0. The van der Waals surface area contributed by atoms with Crippen molar-refractivity contribution in [3.8, 4) is 0 Å². The van der Waals surface area contributed by atoms with E-state index in [0.29, 0.717) is 0 Å². The van der Waals surface area contributed by atoms with E-state index in [1.807, 2.05) is 0 Å². The minimum absolute atomic E-state index is 0.734. The highest BCUT2D eigenvalue weighted by Gasteiger charge is 2.31. The molecule has 0 unspecified atom stereocenters. The zero-order valence-electron chi connectivity index (χ0n) is 7.13. The van der Waals surface area contributed by atoms with E-state index in [2.05, 4.69) is 5.01 Å². The molecule has 1 aliphatic carbocycles. The molecule has 2 fully saturated rings. The van der Waals surface area contributed by atoms with Gasteiger partial charge >= 0.3 is 0 Å². The van der Waals surface area contributed by atoms with Crippen LogP contribution in [-0.2, 0) is 0 Å². The maximum absolute atomic E-state index is 5.92. The predicted molar refractivity (Wildman–Crippen MR) is 45.9 cm³/mol. The SMILES string of the molecule is NN1CCC[C@@H]2CCCC[C@@H]21. The maximum Gasteiger partial charge on any atom is 0.0269 e. The van der Waals surface area contributed by atoms with Gasteiger partial charge in [0.1, 0.15) is 0 Å². The number of nitrogens with zero attached hydrogens (tertiary/aromatic N) is 1. The molecule has 0 aromatic carbocycles. The Labute approximate surface area is 68.7 Å². The van der Waals surface area contributed by atoms with Crippen LogP contribution in [0.25, 0.3) is 0 Å². The van der Waals surface area contributed by atoms with Crippen molar-refractivity contribution in [1.82, 2.24) is 5.01 Å². The average Bonchev–Trinajstić information content (AvgIpc) is 2.06. The van der Waals surface area contributed by atoms with Gasteiger partial charge in [-0.2, -0.15) is 0 Å². The van der Waals surface area contributed by atoms with Crippen LogP contribution in [0.2, 0.25) is 0 Å². The van der Waals surface area contributed by atoms with Crippen LogP contribution in [0.3, 0.4) is 0 Å². The summed E-state index contributed by atoms with van der Waals surface area (Å²) in [6.07, 6.45) is 8.36. The van der Waals surface area contributed by atoms with Crippen molar-refractivity contribution in [2.75, 3.05) is 6.54 Å². The number of rotatable bonds is 0. The summed E-state index contributed by atoms with van der Waals surface area (Å²) in [5, 5.41) is 2.09. The largest absolute Gasteiger partial charge is 0.269 e. The van der Waals surface area contributed by atoms with E-state index in [1.165, 1.54) is 38.5 Å². The Bertz CT molecular complexity index is 134. The Balaban J connectivity index is 1.99. The Morgan fingerprint density at radius 3 is 2.55 bits per heavy atom. The lowest BCUT2D eigenvalue weighted by Crippen LogP contribution is -2.50.